The van der Waals surface area contributed by atoms with Gasteiger partial charge in [0.05, 0.1) is 6.20 Å². The van der Waals surface area contributed by atoms with Gasteiger partial charge in [-0.2, -0.15) is 0 Å². The van der Waals surface area contributed by atoms with Crippen molar-refractivity contribution in [1.82, 2.24) is 15.3 Å². The number of anilines is 1. The molecule has 1 aliphatic heterocycles. The minimum atomic E-state index is -0.105. The molecule has 2 heterocycles. The van der Waals surface area contributed by atoms with E-state index in [-0.39, 0.29) is 12.5 Å². The minimum absolute atomic E-state index is 0.0140. The molecule has 0 aliphatic carbocycles. The summed E-state index contributed by atoms with van der Waals surface area (Å²) in [7, 11) is 0. The Labute approximate surface area is 152 Å². The first-order chi connectivity index (χ1) is 12.2. The van der Waals surface area contributed by atoms with Crippen molar-refractivity contribution >= 4 is 23.3 Å². The van der Waals surface area contributed by atoms with Gasteiger partial charge in [0.2, 0.25) is 0 Å². The van der Waals surface area contributed by atoms with E-state index in [1.807, 2.05) is 0 Å². The molecule has 132 valence electrons. The highest BCUT2D eigenvalue weighted by atomic mass is 35.5. The van der Waals surface area contributed by atoms with E-state index in [0.29, 0.717) is 23.2 Å². The lowest BCUT2D eigenvalue weighted by atomic mass is 9.97. The number of carbonyl (C=O) groups is 1. The van der Waals surface area contributed by atoms with Crippen molar-refractivity contribution in [2.24, 2.45) is 5.92 Å². The fraction of sp³-hybridized carbons (Fsp3) is 0.389. The smallest absolute Gasteiger partial charge is 0.257 e. The Balaban J connectivity index is 1.35. The maximum Gasteiger partial charge on any atom is 0.257 e. The summed E-state index contributed by atoms with van der Waals surface area (Å²) in [5.74, 6) is 1.93. The molecule has 1 aromatic heterocycles. The first kappa shape index (κ1) is 17.5. The van der Waals surface area contributed by atoms with Crippen LogP contribution in [-0.4, -0.2) is 42.1 Å². The number of amides is 1. The second-order valence-electron chi connectivity index (χ2n) is 6.04. The highest BCUT2D eigenvalue weighted by Crippen LogP contribution is 2.20. The van der Waals surface area contributed by atoms with Crippen molar-refractivity contribution in [2.45, 2.75) is 12.8 Å². The monoisotopic (exact) mass is 360 g/mol. The standard InChI is InChI=1S/C18H21ClN4O2/c19-15-1-3-16(4-2-15)25-13-18(24)22-11-14-5-9-23(10-6-14)17-12-20-7-8-21-17/h1-4,7-8,12,14H,5-6,9-11,13H2,(H,22,24). The number of nitrogens with one attached hydrogen (secondary N) is 1. The number of rotatable bonds is 6. The molecule has 1 saturated heterocycles. The van der Waals surface area contributed by atoms with Crippen LogP contribution in [0.4, 0.5) is 5.82 Å². The average Bonchev–Trinajstić information content (AvgIpc) is 2.67. The highest BCUT2D eigenvalue weighted by Gasteiger charge is 2.20. The Morgan fingerprint density at radius 3 is 2.68 bits per heavy atom. The fourth-order valence-corrected chi connectivity index (χ4v) is 2.94. The third-order valence-electron chi connectivity index (χ3n) is 4.26. The van der Waals surface area contributed by atoms with Crippen LogP contribution >= 0.6 is 11.6 Å². The maximum atomic E-state index is 11.9. The lowest BCUT2D eigenvalue weighted by Crippen LogP contribution is -2.40. The van der Waals surface area contributed by atoms with Gasteiger partial charge in [-0.15, -0.1) is 0 Å². The van der Waals surface area contributed by atoms with E-state index < -0.39 is 0 Å². The van der Waals surface area contributed by atoms with Crippen molar-refractivity contribution in [3.8, 4) is 5.75 Å². The summed E-state index contributed by atoms with van der Waals surface area (Å²) in [5, 5.41) is 3.60. The van der Waals surface area contributed by atoms with Gasteiger partial charge in [-0.1, -0.05) is 11.6 Å². The summed E-state index contributed by atoms with van der Waals surface area (Å²) in [6, 6.07) is 6.97. The number of halogens is 1. The second-order valence-corrected chi connectivity index (χ2v) is 6.48. The van der Waals surface area contributed by atoms with E-state index >= 15 is 0 Å². The SMILES string of the molecule is O=C(COc1ccc(Cl)cc1)NCC1CCN(c2cnccn2)CC1. The predicted octanol–water partition coefficient (Wildman–Crippen LogP) is 2.54. The number of ether oxygens (including phenoxy) is 1. The third kappa shape index (κ3) is 5.32. The molecule has 0 bridgehead atoms. The number of aromatic nitrogens is 2. The normalized spacial score (nSPS) is 15.0. The van der Waals surface area contributed by atoms with E-state index in [0.717, 1.165) is 31.7 Å². The molecule has 1 amide bonds. The van der Waals surface area contributed by atoms with Crippen LogP contribution in [0.25, 0.3) is 0 Å². The summed E-state index contributed by atoms with van der Waals surface area (Å²) in [4.78, 5) is 22.6. The van der Waals surface area contributed by atoms with E-state index in [4.69, 9.17) is 16.3 Å². The van der Waals surface area contributed by atoms with Crippen molar-refractivity contribution in [3.63, 3.8) is 0 Å². The quantitative estimate of drug-likeness (QED) is 0.857. The largest absolute Gasteiger partial charge is 0.484 e. The maximum absolute atomic E-state index is 11.9. The number of hydrogen-bond donors (Lipinski definition) is 1. The predicted molar refractivity (Wildman–Crippen MR) is 96.9 cm³/mol. The second kappa shape index (κ2) is 8.67. The third-order valence-corrected chi connectivity index (χ3v) is 4.51. The fourth-order valence-electron chi connectivity index (χ4n) is 2.81. The number of benzene rings is 1. The van der Waals surface area contributed by atoms with E-state index in [1.54, 1.807) is 42.9 Å². The van der Waals surface area contributed by atoms with Gasteiger partial charge in [-0.3, -0.25) is 9.78 Å². The molecule has 1 aliphatic rings. The van der Waals surface area contributed by atoms with Crippen LogP contribution in [0, 0.1) is 5.92 Å². The Morgan fingerprint density at radius 1 is 1.24 bits per heavy atom. The lowest BCUT2D eigenvalue weighted by molar-refractivity contribution is -0.123. The zero-order valence-electron chi connectivity index (χ0n) is 13.9. The molecule has 7 heteroatoms. The van der Waals surface area contributed by atoms with Gasteiger partial charge in [0.25, 0.3) is 5.91 Å². The summed E-state index contributed by atoms with van der Waals surface area (Å²) in [6.07, 6.45) is 7.22. The zero-order chi connectivity index (χ0) is 17.5. The van der Waals surface area contributed by atoms with Crippen LogP contribution in [0.15, 0.2) is 42.9 Å². The molecule has 0 spiro atoms. The van der Waals surface area contributed by atoms with E-state index in [2.05, 4.69) is 20.2 Å². The van der Waals surface area contributed by atoms with Gasteiger partial charge in [0, 0.05) is 37.1 Å². The zero-order valence-corrected chi connectivity index (χ0v) is 14.7. The molecule has 1 fully saturated rings. The minimum Gasteiger partial charge on any atom is -0.484 e. The lowest BCUT2D eigenvalue weighted by Gasteiger charge is -2.32. The molecule has 25 heavy (non-hydrogen) atoms. The van der Waals surface area contributed by atoms with Crippen molar-refractivity contribution in [3.05, 3.63) is 47.9 Å². The molecule has 0 saturated carbocycles. The number of carbonyl (C=O) groups excluding carboxylic acids is 1. The van der Waals surface area contributed by atoms with Gasteiger partial charge in [0.1, 0.15) is 11.6 Å². The van der Waals surface area contributed by atoms with Gasteiger partial charge < -0.3 is 15.0 Å². The van der Waals surface area contributed by atoms with Crippen LogP contribution in [0.3, 0.4) is 0 Å². The number of piperidine rings is 1. The van der Waals surface area contributed by atoms with Crippen molar-refractivity contribution < 1.29 is 9.53 Å². The Bertz CT molecular complexity index is 673. The summed E-state index contributed by atoms with van der Waals surface area (Å²) < 4.78 is 5.44. The van der Waals surface area contributed by atoms with Gasteiger partial charge >= 0.3 is 0 Å². The van der Waals surface area contributed by atoms with Crippen molar-refractivity contribution in [1.29, 1.82) is 0 Å². The molecule has 0 unspecified atom stereocenters. The van der Waals surface area contributed by atoms with Crippen LogP contribution in [-0.2, 0) is 4.79 Å². The Morgan fingerprint density at radius 2 is 2.00 bits per heavy atom. The molecule has 2 aromatic rings. The van der Waals surface area contributed by atoms with Gasteiger partial charge in [0.15, 0.2) is 6.61 Å². The molecule has 3 rings (SSSR count). The summed E-state index contributed by atoms with van der Waals surface area (Å²) in [6.45, 7) is 2.55. The molecule has 0 radical (unpaired) electrons. The van der Waals surface area contributed by atoms with E-state index in [1.165, 1.54) is 0 Å². The number of nitrogens with zero attached hydrogens (tertiary/aromatic N) is 3. The van der Waals surface area contributed by atoms with Gasteiger partial charge in [-0.25, -0.2) is 4.98 Å². The van der Waals surface area contributed by atoms with E-state index in [9.17, 15) is 4.79 Å². The summed E-state index contributed by atoms with van der Waals surface area (Å²) in [5.41, 5.74) is 0. The molecule has 1 N–H and O–H groups in total. The van der Waals surface area contributed by atoms with Gasteiger partial charge in [-0.05, 0) is 43.0 Å². The highest BCUT2D eigenvalue weighted by molar-refractivity contribution is 6.30. The van der Waals surface area contributed by atoms with Crippen LogP contribution in [0.1, 0.15) is 12.8 Å². The first-order valence-electron chi connectivity index (χ1n) is 8.37. The number of hydrogen-bond acceptors (Lipinski definition) is 5. The topological polar surface area (TPSA) is 67.3 Å². The molecule has 1 aromatic carbocycles. The molecular formula is C18H21ClN4O2. The average molecular weight is 361 g/mol. The Hall–Kier alpha value is -2.34. The van der Waals surface area contributed by atoms with Crippen LogP contribution in [0.2, 0.25) is 5.02 Å². The van der Waals surface area contributed by atoms with Crippen molar-refractivity contribution in [2.75, 3.05) is 31.1 Å². The molecule has 6 nitrogen and oxygen atoms in total. The first-order valence-corrected chi connectivity index (χ1v) is 8.74. The summed E-state index contributed by atoms with van der Waals surface area (Å²) >= 11 is 5.81. The molecule has 0 atom stereocenters. The Kier molecular flexibility index (Phi) is 6.06. The van der Waals surface area contributed by atoms with Crippen LogP contribution < -0.4 is 15.0 Å². The molecular weight excluding hydrogens is 340 g/mol. The van der Waals surface area contributed by atoms with Crippen LogP contribution in [0.5, 0.6) is 5.75 Å².